The van der Waals surface area contributed by atoms with Crippen LogP contribution in [-0.2, 0) is 6.54 Å². The van der Waals surface area contributed by atoms with Crippen molar-refractivity contribution in [3.63, 3.8) is 0 Å². The van der Waals surface area contributed by atoms with Gasteiger partial charge in [-0.1, -0.05) is 36.2 Å². The Hall–Kier alpha value is -0.180. The van der Waals surface area contributed by atoms with Crippen LogP contribution in [0.25, 0.3) is 0 Å². The predicted octanol–water partition coefficient (Wildman–Crippen LogP) is 3.71. The van der Waals surface area contributed by atoms with Crippen LogP contribution >= 0.6 is 23.4 Å². The van der Waals surface area contributed by atoms with Gasteiger partial charge in [-0.25, -0.2) is 0 Å². The summed E-state index contributed by atoms with van der Waals surface area (Å²) in [6.07, 6.45) is 6.21. The summed E-state index contributed by atoms with van der Waals surface area (Å²) < 4.78 is 0. The molecule has 3 heteroatoms. The Morgan fingerprint density at radius 2 is 2.19 bits per heavy atom. The van der Waals surface area contributed by atoms with Gasteiger partial charge in [-0.3, -0.25) is 0 Å². The molecule has 1 aromatic rings. The van der Waals surface area contributed by atoms with Gasteiger partial charge in [-0.2, -0.15) is 11.8 Å². The second-order valence-electron chi connectivity index (χ2n) is 4.28. The highest BCUT2D eigenvalue weighted by Gasteiger charge is 2.25. The lowest BCUT2D eigenvalue weighted by Crippen LogP contribution is -2.33. The highest BCUT2D eigenvalue weighted by Crippen LogP contribution is 2.28. The Balaban J connectivity index is 1.90. The van der Waals surface area contributed by atoms with Crippen LogP contribution in [0, 0.1) is 0 Å². The number of rotatable bonds is 4. The third kappa shape index (κ3) is 2.93. The molecule has 88 valence electrons. The Morgan fingerprint density at radius 3 is 2.94 bits per heavy atom. The molecule has 2 atom stereocenters. The third-order valence-corrected chi connectivity index (χ3v) is 4.81. The number of hydrogen-bond donors (Lipinski definition) is 1. The van der Waals surface area contributed by atoms with E-state index >= 15 is 0 Å². The van der Waals surface area contributed by atoms with E-state index in [9.17, 15) is 0 Å². The van der Waals surface area contributed by atoms with Gasteiger partial charge in [0.2, 0.25) is 0 Å². The number of halogens is 1. The van der Waals surface area contributed by atoms with Crippen LogP contribution in [0.2, 0.25) is 5.02 Å². The van der Waals surface area contributed by atoms with E-state index in [0.717, 1.165) is 16.8 Å². The molecule has 2 unspecified atom stereocenters. The summed E-state index contributed by atoms with van der Waals surface area (Å²) in [5.41, 5.74) is 1.20. The van der Waals surface area contributed by atoms with Gasteiger partial charge in [0, 0.05) is 22.9 Å². The second kappa shape index (κ2) is 5.95. The minimum Gasteiger partial charge on any atom is -0.309 e. The summed E-state index contributed by atoms with van der Waals surface area (Å²) in [5, 5.41) is 5.28. The van der Waals surface area contributed by atoms with Gasteiger partial charge in [0.1, 0.15) is 0 Å². The van der Waals surface area contributed by atoms with Gasteiger partial charge in [0.05, 0.1) is 0 Å². The van der Waals surface area contributed by atoms with Crippen molar-refractivity contribution in [2.45, 2.75) is 37.1 Å². The molecule has 0 saturated heterocycles. The highest BCUT2D eigenvalue weighted by molar-refractivity contribution is 7.99. The van der Waals surface area contributed by atoms with Gasteiger partial charge in [-0.15, -0.1) is 0 Å². The smallest absolute Gasteiger partial charge is 0.0450 e. The van der Waals surface area contributed by atoms with Crippen molar-refractivity contribution < 1.29 is 0 Å². The SMILES string of the molecule is CSC1CCCC1NCc1ccccc1Cl. The largest absolute Gasteiger partial charge is 0.309 e. The molecule has 1 aromatic carbocycles. The molecule has 1 aliphatic rings. The maximum Gasteiger partial charge on any atom is 0.0450 e. The minimum atomic E-state index is 0.659. The number of hydrogen-bond acceptors (Lipinski definition) is 2. The van der Waals surface area contributed by atoms with Gasteiger partial charge in [0.15, 0.2) is 0 Å². The van der Waals surface area contributed by atoms with E-state index in [0.29, 0.717) is 6.04 Å². The summed E-state index contributed by atoms with van der Waals surface area (Å²) in [5.74, 6) is 0. The van der Waals surface area contributed by atoms with Crippen LogP contribution in [0.15, 0.2) is 24.3 Å². The lowest BCUT2D eigenvalue weighted by Gasteiger charge is -2.19. The molecule has 2 rings (SSSR count). The zero-order valence-electron chi connectivity index (χ0n) is 9.58. The number of benzene rings is 1. The van der Waals surface area contributed by atoms with Crippen LogP contribution in [0.5, 0.6) is 0 Å². The van der Waals surface area contributed by atoms with Crippen LogP contribution in [0.4, 0.5) is 0 Å². The average Bonchev–Trinajstić information content (AvgIpc) is 2.75. The first kappa shape index (κ1) is 12.3. The molecule has 0 spiro atoms. The topological polar surface area (TPSA) is 12.0 Å². The van der Waals surface area contributed by atoms with E-state index in [1.54, 1.807) is 0 Å². The molecule has 0 amide bonds. The zero-order valence-corrected chi connectivity index (χ0v) is 11.2. The molecular formula is C13H18ClNS. The summed E-state index contributed by atoms with van der Waals surface area (Å²) in [6.45, 7) is 0.890. The quantitative estimate of drug-likeness (QED) is 0.880. The molecule has 0 heterocycles. The summed E-state index contributed by atoms with van der Waals surface area (Å²) in [6, 6.07) is 8.74. The molecule has 1 fully saturated rings. The maximum absolute atomic E-state index is 6.13. The fourth-order valence-corrected chi connectivity index (χ4v) is 3.49. The average molecular weight is 256 g/mol. The molecule has 0 aromatic heterocycles. The van der Waals surface area contributed by atoms with Gasteiger partial charge in [0.25, 0.3) is 0 Å². The normalized spacial score (nSPS) is 24.9. The molecule has 1 nitrogen and oxygen atoms in total. The summed E-state index contributed by atoms with van der Waals surface area (Å²) >= 11 is 8.12. The maximum atomic E-state index is 6.13. The molecular weight excluding hydrogens is 238 g/mol. The predicted molar refractivity (Wildman–Crippen MR) is 73.2 cm³/mol. The molecule has 1 saturated carbocycles. The molecule has 0 bridgehead atoms. The molecule has 0 radical (unpaired) electrons. The van der Waals surface area contributed by atoms with E-state index in [2.05, 4.69) is 17.6 Å². The molecule has 1 N–H and O–H groups in total. The highest BCUT2D eigenvalue weighted by atomic mass is 35.5. The van der Waals surface area contributed by atoms with E-state index in [1.165, 1.54) is 24.8 Å². The first-order chi connectivity index (χ1) is 7.81. The molecule has 1 aliphatic carbocycles. The first-order valence-corrected chi connectivity index (χ1v) is 7.47. The van der Waals surface area contributed by atoms with Crippen molar-refractivity contribution in [1.29, 1.82) is 0 Å². The van der Waals surface area contributed by atoms with Gasteiger partial charge < -0.3 is 5.32 Å². The van der Waals surface area contributed by atoms with E-state index in [1.807, 2.05) is 30.0 Å². The van der Waals surface area contributed by atoms with Gasteiger partial charge in [-0.05, 0) is 30.7 Å². The summed E-state index contributed by atoms with van der Waals surface area (Å²) in [7, 11) is 0. The third-order valence-electron chi connectivity index (χ3n) is 3.27. The monoisotopic (exact) mass is 255 g/mol. The number of thioether (sulfide) groups is 1. The van der Waals surface area contributed by atoms with Crippen molar-refractivity contribution >= 4 is 23.4 Å². The van der Waals surface area contributed by atoms with Crippen LogP contribution in [0.3, 0.4) is 0 Å². The lowest BCUT2D eigenvalue weighted by atomic mass is 10.2. The number of nitrogens with one attached hydrogen (secondary N) is 1. The van der Waals surface area contributed by atoms with Crippen molar-refractivity contribution in [2.75, 3.05) is 6.26 Å². The van der Waals surface area contributed by atoms with E-state index in [-0.39, 0.29) is 0 Å². The summed E-state index contributed by atoms with van der Waals surface area (Å²) in [4.78, 5) is 0. The lowest BCUT2D eigenvalue weighted by molar-refractivity contribution is 0.532. The van der Waals surface area contributed by atoms with Crippen molar-refractivity contribution in [3.05, 3.63) is 34.9 Å². The molecule has 16 heavy (non-hydrogen) atoms. The Labute approximate surface area is 107 Å². The standard InChI is InChI=1S/C13H18ClNS/c1-16-13-8-4-7-12(13)15-9-10-5-2-3-6-11(10)14/h2-3,5-6,12-13,15H,4,7-9H2,1H3. The fourth-order valence-electron chi connectivity index (χ4n) is 2.32. The van der Waals surface area contributed by atoms with Gasteiger partial charge >= 0.3 is 0 Å². The van der Waals surface area contributed by atoms with Crippen LogP contribution < -0.4 is 5.32 Å². The fraction of sp³-hybridized carbons (Fsp3) is 0.538. The Bertz CT molecular complexity index is 342. The van der Waals surface area contributed by atoms with Crippen LogP contribution in [-0.4, -0.2) is 17.5 Å². The zero-order chi connectivity index (χ0) is 11.4. The molecule has 0 aliphatic heterocycles. The van der Waals surface area contributed by atoms with E-state index < -0.39 is 0 Å². The van der Waals surface area contributed by atoms with Crippen molar-refractivity contribution in [3.8, 4) is 0 Å². The van der Waals surface area contributed by atoms with Crippen LogP contribution in [0.1, 0.15) is 24.8 Å². The van der Waals surface area contributed by atoms with Crippen molar-refractivity contribution in [1.82, 2.24) is 5.32 Å². The van der Waals surface area contributed by atoms with E-state index in [4.69, 9.17) is 11.6 Å². The Kier molecular flexibility index (Phi) is 4.56. The first-order valence-electron chi connectivity index (χ1n) is 5.81. The van der Waals surface area contributed by atoms with Crippen molar-refractivity contribution in [2.24, 2.45) is 0 Å². The minimum absolute atomic E-state index is 0.659. The second-order valence-corrected chi connectivity index (χ2v) is 5.77. The Morgan fingerprint density at radius 1 is 1.38 bits per heavy atom.